The fourth-order valence-corrected chi connectivity index (χ4v) is 2.93. The third kappa shape index (κ3) is 2.52. The molecule has 0 radical (unpaired) electrons. The molecule has 108 valence electrons. The topological polar surface area (TPSA) is 30.7 Å². The van der Waals surface area contributed by atoms with E-state index in [1.807, 2.05) is 42.7 Å². The number of aromatic nitrogens is 3. The number of hydrogen-bond donors (Lipinski definition) is 0. The van der Waals surface area contributed by atoms with Crippen molar-refractivity contribution in [1.29, 1.82) is 0 Å². The molecule has 2 aromatic heterocycles. The molecule has 3 rings (SSSR count). The summed E-state index contributed by atoms with van der Waals surface area (Å²) in [6, 6.07) is 7.94. The van der Waals surface area contributed by atoms with Gasteiger partial charge >= 0.3 is 0 Å². The molecule has 0 aliphatic heterocycles. The zero-order valence-corrected chi connectivity index (χ0v) is 13.4. The molecule has 3 aromatic rings. The van der Waals surface area contributed by atoms with Crippen LogP contribution < -0.4 is 0 Å². The van der Waals surface area contributed by atoms with Crippen LogP contribution in [0.3, 0.4) is 0 Å². The van der Waals surface area contributed by atoms with Gasteiger partial charge in [0.2, 0.25) is 0 Å². The molecule has 0 aliphatic carbocycles. The molecule has 0 fully saturated rings. The highest BCUT2D eigenvalue weighted by molar-refractivity contribution is 6.32. The molecule has 0 N–H and O–H groups in total. The predicted octanol–water partition coefficient (Wildman–Crippen LogP) is 4.47. The van der Waals surface area contributed by atoms with Crippen LogP contribution >= 0.6 is 23.2 Å². The van der Waals surface area contributed by atoms with Crippen molar-refractivity contribution in [2.24, 2.45) is 0 Å². The molecule has 0 bridgehead atoms. The summed E-state index contributed by atoms with van der Waals surface area (Å²) in [7, 11) is 0. The second-order valence-corrected chi connectivity index (χ2v) is 5.84. The van der Waals surface area contributed by atoms with Crippen LogP contribution in [0.25, 0.3) is 16.9 Å². The van der Waals surface area contributed by atoms with Gasteiger partial charge in [-0.3, -0.25) is 4.57 Å². The largest absolute Gasteiger partial charge is 0.279 e. The molecule has 2 heterocycles. The monoisotopic (exact) mass is 319 g/mol. The normalized spacial score (nSPS) is 11.2. The van der Waals surface area contributed by atoms with Crippen molar-refractivity contribution in [3.63, 3.8) is 0 Å². The lowest BCUT2D eigenvalue weighted by Gasteiger charge is -2.10. The third-order valence-electron chi connectivity index (χ3n) is 3.48. The van der Waals surface area contributed by atoms with Gasteiger partial charge in [-0.1, -0.05) is 17.7 Å². The van der Waals surface area contributed by atoms with Crippen LogP contribution in [0.1, 0.15) is 17.0 Å². The van der Waals surface area contributed by atoms with Crippen molar-refractivity contribution in [1.82, 2.24) is 14.5 Å². The molecule has 1 aromatic carbocycles. The standard InChI is InChI=1S/C16H15Cl2N3/c1-10-3-4-13(12(18)9-10)21-14(5-7-17)20-15-11(2)6-8-19-16(15)21/h3-4,6,8-9H,5,7H2,1-2H3. The van der Waals surface area contributed by atoms with Crippen molar-refractivity contribution in [2.75, 3.05) is 5.88 Å². The number of hydrogen-bond acceptors (Lipinski definition) is 2. The molecule has 5 heteroatoms. The van der Waals surface area contributed by atoms with Crippen molar-refractivity contribution < 1.29 is 0 Å². The van der Waals surface area contributed by atoms with E-state index in [1.165, 1.54) is 0 Å². The van der Waals surface area contributed by atoms with E-state index in [1.54, 1.807) is 6.20 Å². The Bertz CT molecular complexity index is 809. The van der Waals surface area contributed by atoms with Crippen molar-refractivity contribution in [3.8, 4) is 5.69 Å². The number of halogens is 2. The lowest BCUT2D eigenvalue weighted by Crippen LogP contribution is -2.03. The van der Waals surface area contributed by atoms with Gasteiger partial charge in [-0.25, -0.2) is 9.97 Å². The SMILES string of the molecule is Cc1ccc(-n2c(CCCl)nc3c(C)ccnc32)c(Cl)c1. The Morgan fingerprint density at radius 3 is 2.71 bits per heavy atom. The number of rotatable bonds is 3. The van der Waals surface area contributed by atoms with Crippen LogP contribution in [0.15, 0.2) is 30.5 Å². The molecular formula is C16H15Cl2N3. The van der Waals surface area contributed by atoms with Gasteiger partial charge in [0.15, 0.2) is 5.65 Å². The smallest absolute Gasteiger partial charge is 0.164 e. The minimum Gasteiger partial charge on any atom is -0.279 e. The van der Waals surface area contributed by atoms with E-state index in [0.29, 0.717) is 17.3 Å². The fraction of sp³-hybridized carbons (Fsp3) is 0.250. The van der Waals surface area contributed by atoms with Crippen molar-refractivity contribution in [3.05, 3.63) is 52.4 Å². The summed E-state index contributed by atoms with van der Waals surface area (Å²) in [5.41, 5.74) is 4.83. The Kier molecular flexibility index (Phi) is 3.87. The molecule has 0 saturated heterocycles. The van der Waals surface area contributed by atoms with E-state index in [2.05, 4.69) is 4.98 Å². The highest BCUT2D eigenvalue weighted by Gasteiger charge is 2.16. The summed E-state index contributed by atoms with van der Waals surface area (Å²) in [6.45, 7) is 4.05. The van der Waals surface area contributed by atoms with Gasteiger partial charge in [0.25, 0.3) is 0 Å². The van der Waals surface area contributed by atoms with Crippen LogP contribution in [0, 0.1) is 13.8 Å². The number of imidazole rings is 1. The summed E-state index contributed by atoms with van der Waals surface area (Å²) >= 11 is 12.3. The molecule has 0 atom stereocenters. The predicted molar refractivity (Wildman–Crippen MR) is 87.8 cm³/mol. The first-order chi connectivity index (χ1) is 10.1. The van der Waals surface area contributed by atoms with Gasteiger partial charge in [-0.15, -0.1) is 11.6 Å². The Balaban J connectivity index is 2.33. The van der Waals surface area contributed by atoms with Crippen LogP contribution in [-0.2, 0) is 6.42 Å². The Hall–Kier alpha value is -1.58. The highest BCUT2D eigenvalue weighted by Crippen LogP contribution is 2.28. The van der Waals surface area contributed by atoms with Gasteiger partial charge in [0, 0.05) is 18.5 Å². The maximum atomic E-state index is 6.42. The number of pyridine rings is 1. The average Bonchev–Trinajstić information content (AvgIpc) is 2.79. The molecule has 0 saturated carbocycles. The highest BCUT2D eigenvalue weighted by atomic mass is 35.5. The number of aryl methyl sites for hydroxylation is 3. The summed E-state index contributed by atoms with van der Waals surface area (Å²) < 4.78 is 2.01. The summed E-state index contributed by atoms with van der Waals surface area (Å²) in [5, 5.41) is 0.688. The first kappa shape index (κ1) is 14.4. The third-order valence-corrected chi connectivity index (χ3v) is 3.97. The molecule has 0 amide bonds. The van der Waals surface area contributed by atoms with E-state index in [0.717, 1.165) is 33.8 Å². The van der Waals surface area contributed by atoms with Crippen LogP contribution in [0.2, 0.25) is 5.02 Å². The Morgan fingerprint density at radius 1 is 1.19 bits per heavy atom. The second kappa shape index (κ2) is 5.66. The van der Waals surface area contributed by atoms with Gasteiger partial charge in [-0.2, -0.15) is 0 Å². The van der Waals surface area contributed by atoms with Crippen molar-refractivity contribution in [2.45, 2.75) is 20.3 Å². The minimum absolute atomic E-state index is 0.506. The average molecular weight is 320 g/mol. The number of fused-ring (bicyclic) bond motifs is 1. The van der Waals surface area contributed by atoms with Gasteiger partial charge < -0.3 is 0 Å². The zero-order chi connectivity index (χ0) is 15.0. The van der Waals surface area contributed by atoms with Crippen LogP contribution in [0.4, 0.5) is 0 Å². The number of nitrogens with zero attached hydrogens (tertiary/aromatic N) is 3. The van der Waals surface area contributed by atoms with E-state index in [9.17, 15) is 0 Å². The van der Waals surface area contributed by atoms with E-state index in [4.69, 9.17) is 28.2 Å². The lowest BCUT2D eigenvalue weighted by molar-refractivity contribution is 0.905. The van der Waals surface area contributed by atoms with E-state index < -0.39 is 0 Å². The molecular weight excluding hydrogens is 305 g/mol. The molecule has 0 unspecified atom stereocenters. The maximum Gasteiger partial charge on any atom is 0.164 e. The van der Waals surface area contributed by atoms with Crippen molar-refractivity contribution >= 4 is 34.4 Å². The first-order valence-corrected chi connectivity index (χ1v) is 7.68. The lowest BCUT2D eigenvalue weighted by atomic mass is 10.2. The van der Waals surface area contributed by atoms with E-state index in [-0.39, 0.29) is 0 Å². The second-order valence-electron chi connectivity index (χ2n) is 5.06. The van der Waals surface area contributed by atoms with E-state index >= 15 is 0 Å². The molecule has 0 aliphatic rings. The van der Waals surface area contributed by atoms with Gasteiger partial charge in [-0.05, 0) is 43.2 Å². The Labute approximate surface area is 133 Å². The van der Waals surface area contributed by atoms with Crippen LogP contribution in [0.5, 0.6) is 0 Å². The number of alkyl halides is 1. The fourth-order valence-electron chi connectivity index (χ4n) is 2.44. The zero-order valence-electron chi connectivity index (χ0n) is 11.9. The Morgan fingerprint density at radius 2 is 2.00 bits per heavy atom. The molecule has 3 nitrogen and oxygen atoms in total. The molecule has 0 spiro atoms. The van der Waals surface area contributed by atoms with Gasteiger partial charge in [0.05, 0.1) is 10.7 Å². The maximum absolute atomic E-state index is 6.42. The summed E-state index contributed by atoms with van der Waals surface area (Å²) in [6.07, 6.45) is 2.46. The van der Waals surface area contributed by atoms with Gasteiger partial charge in [0.1, 0.15) is 11.3 Å². The summed E-state index contributed by atoms with van der Waals surface area (Å²) in [5.74, 6) is 1.39. The number of benzene rings is 1. The molecule has 21 heavy (non-hydrogen) atoms. The first-order valence-electron chi connectivity index (χ1n) is 6.77. The summed E-state index contributed by atoms with van der Waals surface area (Å²) in [4.78, 5) is 9.18. The quantitative estimate of drug-likeness (QED) is 0.667. The van der Waals surface area contributed by atoms with Crippen LogP contribution in [-0.4, -0.2) is 20.4 Å². The minimum atomic E-state index is 0.506.